The number of piperazine rings is 1. The highest BCUT2D eigenvalue weighted by Crippen LogP contribution is 2.26. The van der Waals surface area contributed by atoms with Crippen molar-refractivity contribution in [3.8, 4) is 0 Å². The first kappa shape index (κ1) is 19.9. The quantitative estimate of drug-likeness (QED) is 0.833. The van der Waals surface area contributed by atoms with Gasteiger partial charge in [-0.15, -0.1) is 0 Å². The van der Waals surface area contributed by atoms with E-state index in [4.69, 9.17) is 0 Å². The second-order valence-electron chi connectivity index (χ2n) is 8.37. The summed E-state index contributed by atoms with van der Waals surface area (Å²) in [5.74, 6) is -0.348. The molecule has 2 aliphatic rings. The van der Waals surface area contributed by atoms with Crippen LogP contribution in [-0.2, 0) is 4.79 Å². The highest BCUT2D eigenvalue weighted by molar-refractivity contribution is 5.99. The van der Waals surface area contributed by atoms with E-state index in [2.05, 4.69) is 15.2 Å². The van der Waals surface area contributed by atoms with E-state index in [1.807, 2.05) is 11.8 Å². The summed E-state index contributed by atoms with van der Waals surface area (Å²) in [6.45, 7) is 6.87. The van der Waals surface area contributed by atoms with Gasteiger partial charge in [0.25, 0.3) is 5.91 Å². The van der Waals surface area contributed by atoms with Crippen LogP contribution in [0.1, 0.15) is 48.7 Å². The number of hydrogen-bond donors (Lipinski definition) is 2. The lowest BCUT2D eigenvalue weighted by molar-refractivity contribution is -0.131. The molecule has 1 aromatic heterocycles. The SMILES string of the molecule is CC(=O)N1CCN([C@@H]2CCC[C@H](NC(=O)c3cc4c(F)ccc(C)c4[nH]3)C2)CC1. The van der Waals surface area contributed by atoms with Crippen LogP contribution in [0.5, 0.6) is 0 Å². The van der Waals surface area contributed by atoms with Crippen molar-refractivity contribution >= 4 is 22.7 Å². The zero-order valence-electron chi connectivity index (χ0n) is 17.1. The summed E-state index contributed by atoms with van der Waals surface area (Å²) in [5.41, 5.74) is 2.01. The molecule has 2 fully saturated rings. The fourth-order valence-electron chi connectivity index (χ4n) is 4.74. The van der Waals surface area contributed by atoms with Crippen LogP contribution in [-0.4, -0.2) is 64.9 Å². The molecule has 1 aromatic carbocycles. The Balaban J connectivity index is 1.38. The van der Waals surface area contributed by atoms with Crippen molar-refractivity contribution in [2.45, 2.75) is 51.6 Å². The molecule has 6 nitrogen and oxygen atoms in total. The summed E-state index contributed by atoms with van der Waals surface area (Å²) < 4.78 is 14.1. The molecule has 0 spiro atoms. The van der Waals surface area contributed by atoms with Crippen molar-refractivity contribution in [2.75, 3.05) is 26.2 Å². The van der Waals surface area contributed by atoms with E-state index >= 15 is 0 Å². The van der Waals surface area contributed by atoms with Crippen molar-refractivity contribution in [1.29, 1.82) is 0 Å². The number of halogens is 1. The largest absolute Gasteiger partial charge is 0.350 e. The predicted octanol–water partition coefficient (Wildman–Crippen LogP) is 2.82. The number of nitrogens with zero attached hydrogens (tertiary/aromatic N) is 2. The maximum atomic E-state index is 14.1. The summed E-state index contributed by atoms with van der Waals surface area (Å²) in [6.07, 6.45) is 4.08. The van der Waals surface area contributed by atoms with Gasteiger partial charge in [0.15, 0.2) is 0 Å². The summed E-state index contributed by atoms with van der Waals surface area (Å²) in [4.78, 5) is 31.8. The summed E-state index contributed by atoms with van der Waals surface area (Å²) in [6, 6.07) is 5.31. The number of aryl methyl sites for hydroxylation is 1. The minimum atomic E-state index is -0.316. The van der Waals surface area contributed by atoms with E-state index in [1.54, 1.807) is 19.1 Å². The standard InChI is InChI=1S/C22H29FN4O2/c1-14-6-7-19(23)18-13-20(25-21(14)18)22(29)24-16-4-3-5-17(12-16)27-10-8-26(9-11-27)15(2)28/h6-7,13,16-17,25H,3-5,8-12H2,1-2H3,(H,24,29)/t16-,17+/m0/s1. The van der Waals surface area contributed by atoms with Crippen molar-refractivity contribution in [2.24, 2.45) is 0 Å². The van der Waals surface area contributed by atoms with E-state index in [9.17, 15) is 14.0 Å². The molecule has 0 bridgehead atoms. The van der Waals surface area contributed by atoms with Crippen molar-refractivity contribution in [3.63, 3.8) is 0 Å². The molecule has 1 aliphatic heterocycles. The zero-order chi connectivity index (χ0) is 20.5. The van der Waals surface area contributed by atoms with Gasteiger partial charge in [-0.05, 0) is 50.3 Å². The molecular weight excluding hydrogens is 371 g/mol. The minimum absolute atomic E-state index is 0.115. The predicted molar refractivity (Wildman–Crippen MR) is 110 cm³/mol. The lowest BCUT2D eigenvalue weighted by atomic mass is 9.89. The Kier molecular flexibility index (Phi) is 5.58. The molecule has 29 heavy (non-hydrogen) atoms. The molecule has 4 rings (SSSR count). The molecule has 0 radical (unpaired) electrons. The lowest BCUT2D eigenvalue weighted by Gasteiger charge is -2.42. The van der Waals surface area contributed by atoms with Gasteiger partial charge in [0.1, 0.15) is 11.5 Å². The average Bonchev–Trinajstić information content (AvgIpc) is 3.18. The molecule has 2 atom stereocenters. The molecule has 1 aliphatic carbocycles. The highest BCUT2D eigenvalue weighted by atomic mass is 19.1. The number of H-pyrrole nitrogens is 1. The Morgan fingerprint density at radius 2 is 1.93 bits per heavy atom. The molecule has 2 N–H and O–H groups in total. The van der Waals surface area contributed by atoms with Crippen LogP contribution in [0.3, 0.4) is 0 Å². The molecule has 2 amide bonds. The summed E-state index contributed by atoms with van der Waals surface area (Å²) >= 11 is 0. The molecule has 7 heteroatoms. The number of carbonyl (C=O) groups is 2. The monoisotopic (exact) mass is 400 g/mol. The van der Waals surface area contributed by atoms with Gasteiger partial charge in [-0.1, -0.05) is 6.07 Å². The summed E-state index contributed by atoms with van der Waals surface area (Å²) in [7, 11) is 0. The number of hydrogen-bond acceptors (Lipinski definition) is 3. The Morgan fingerprint density at radius 3 is 2.62 bits per heavy atom. The van der Waals surface area contributed by atoms with E-state index in [0.717, 1.165) is 57.4 Å². The van der Waals surface area contributed by atoms with Gasteiger partial charge in [-0.25, -0.2) is 4.39 Å². The molecular formula is C22H29FN4O2. The van der Waals surface area contributed by atoms with Crippen LogP contribution in [0.4, 0.5) is 4.39 Å². The van der Waals surface area contributed by atoms with Crippen LogP contribution in [0.15, 0.2) is 18.2 Å². The molecule has 1 saturated heterocycles. The van der Waals surface area contributed by atoms with Crippen LogP contribution in [0.2, 0.25) is 0 Å². The second-order valence-corrected chi connectivity index (χ2v) is 8.37. The van der Waals surface area contributed by atoms with Crippen LogP contribution in [0.25, 0.3) is 10.9 Å². The molecule has 156 valence electrons. The molecule has 2 heterocycles. The number of rotatable bonds is 3. The van der Waals surface area contributed by atoms with Crippen LogP contribution >= 0.6 is 0 Å². The number of fused-ring (bicyclic) bond motifs is 1. The van der Waals surface area contributed by atoms with Gasteiger partial charge in [-0.2, -0.15) is 0 Å². The second kappa shape index (κ2) is 8.14. The first-order chi connectivity index (χ1) is 13.9. The first-order valence-corrected chi connectivity index (χ1v) is 10.5. The highest BCUT2D eigenvalue weighted by Gasteiger charge is 2.30. The smallest absolute Gasteiger partial charge is 0.267 e. The maximum absolute atomic E-state index is 14.1. The van der Waals surface area contributed by atoms with E-state index < -0.39 is 0 Å². The third-order valence-corrected chi connectivity index (χ3v) is 6.45. The minimum Gasteiger partial charge on any atom is -0.350 e. The average molecular weight is 400 g/mol. The zero-order valence-corrected chi connectivity index (χ0v) is 17.1. The maximum Gasteiger partial charge on any atom is 0.267 e. The van der Waals surface area contributed by atoms with Gasteiger partial charge in [0.2, 0.25) is 5.91 Å². The van der Waals surface area contributed by atoms with Gasteiger partial charge in [0.05, 0.1) is 5.52 Å². The Hall–Kier alpha value is -2.41. The lowest BCUT2D eigenvalue weighted by Crippen LogP contribution is -2.54. The van der Waals surface area contributed by atoms with Crippen molar-refractivity contribution in [3.05, 3.63) is 35.3 Å². The third-order valence-electron chi connectivity index (χ3n) is 6.45. The fraction of sp³-hybridized carbons (Fsp3) is 0.545. The molecule has 0 unspecified atom stereocenters. The Bertz CT molecular complexity index is 878. The number of benzene rings is 1. The van der Waals surface area contributed by atoms with Gasteiger partial charge in [-0.3, -0.25) is 14.5 Å². The molecule has 2 aromatic rings. The van der Waals surface area contributed by atoms with Gasteiger partial charge >= 0.3 is 0 Å². The first-order valence-electron chi connectivity index (χ1n) is 10.5. The van der Waals surface area contributed by atoms with Crippen LogP contribution < -0.4 is 5.32 Å². The molecule has 1 saturated carbocycles. The summed E-state index contributed by atoms with van der Waals surface area (Å²) in [5, 5.41) is 3.61. The van der Waals surface area contributed by atoms with Gasteiger partial charge < -0.3 is 15.2 Å². The van der Waals surface area contributed by atoms with Crippen LogP contribution in [0, 0.1) is 12.7 Å². The normalized spacial score (nSPS) is 23.3. The van der Waals surface area contributed by atoms with E-state index in [-0.39, 0.29) is 23.7 Å². The Labute approximate surface area is 170 Å². The number of nitrogens with one attached hydrogen (secondary N) is 2. The van der Waals surface area contributed by atoms with Crippen molar-refractivity contribution in [1.82, 2.24) is 20.1 Å². The third kappa shape index (κ3) is 4.15. The Morgan fingerprint density at radius 1 is 1.17 bits per heavy atom. The van der Waals surface area contributed by atoms with Gasteiger partial charge in [0, 0.05) is 50.6 Å². The topological polar surface area (TPSA) is 68.4 Å². The fourth-order valence-corrected chi connectivity index (χ4v) is 4.74. The number of aromatic nitrogens is 1. The van der Waals surface area contributed by atoms with Crippen molar-refractivity contribution < 1.29 is 14.0 Å². The van der Waals surface area contributed by atoms with E-state index in [0.29, 0.717) is 22.6 Å². The number of carbonyl (C=O) groups excluding carboxylic acids is 2. The number of amides is 2. The van der Waals surface area contributed by atoms with E-state index in [1.165, 1.54) is 6.07 Å². The number of aromatic amines is 1.